The van der Waals surface area contributed by atoms with Crippen molar-refractivity contribution in [3.63, 3.8) is 0 Å². The van der Waals surface area contributed by atoms with Gasteiger partial charge in [0, 0.05) is 6.07 Å². The van der Waals surface area contributed by atoms with Crippen LogP contribution in [0.4, 0.5) is 4.39 Å². The van der Waals surface area contributed by atoms with Crippen molar-refractivity contribution in [2.24, 2.45) is 0 Å². The molecule has 3 aromatic rings. The zero-order valence-corrected chi connectivity index (χ0v) is 17.7. The predicted molar refractivity (Wildman–Crippen MR) is 112 cm³/mol. The van der Waals surface area contributed by atoms with E-state index >= 15 is 0 Å². The van der Waals surface area contributed by atoms with E-state index in [1.54, 1.807) is 43.3 Å². The lowest BCUT2D eigenvalue weighted by Gasteiger charge is -2.19. The molecule has 2 heterocycles. The van der Waals surface area contributed by atoms with Crippen LogP contribution < -0.4 is 19.8 Å². The maximum absolute atomic E-state index is 13.5. The molecular formula is C24H21FO7. The van der Waals surface area contributed by atoms with E-state index in [2.05, 4.69) is 0 Å². The molecule has 0 radical (unpaired) electrons. The number of methoxy groups -OCH3 is 2. The van der Waals surface area contributed by atoms with E-state index in [4.69, 9.17) is 23.4 Å². The number of carbonyl (C=O) groups is 1. The van der Waals surface area contributed by atoms with Crippen LogP contribution in [0.5, 0.6) is 17.2 Å². The minimum atomic E-state index is -1.07. The van der Waals surface area contributed by atoms with Crippen LogP contribution in [0, 0.1) is 12.7 Å². The summed E-state index contributed by atoms with van der Waals surface area (Å²) < 4.78 is 40.7. The zero-order chi connectivity index (χ0) is 22.8. The molecule has 1 aliphatic heterocycles. The van der Waals surface area contributed by atoms with E-state index in [0.717, 1.165) is 0 Å². The van der Waals surface area contributed by atoms with Crippen LogP contribution in [0.3, 0.4) is 0 Å². The molecule has 32 heavy (non-hydrogen) atoms. The van der Waals surface area contributed by atoms with E-state index in [0.29, 0.717) is 28.4 Å². The molecule has 0 unspecified atom stereocenters. The summed E-state index contributed by atoms with van der Waals surface area (Å²) in [5.41, 5.74) is 0.850. The first kappa shape index (κ1) is 21.4. The molecule has 4 rings (SSSR count). The number of carbonyl (C=O) groups excluding carboxylic acids is 1. The number of hydrogen-bond donors (Lipinski definition) is 0. The van der Waals surface area contributed by atoms with Gasteiger partial charge in [-0.15, -0.1) is 0 Å². The third-order valence-electron chi connectivity index (χ3n) is 5.20. The maximum Gasteiger partial charge on any atom is 0.348 e. The van der Waals surface area contributed by atoms with Crippen LogP contribution in [0.15, 0.2) is 57.7 Å². The van der Waals surface area contributed by atoms with Gasteiger partial charge in [0.05, 0.1) is 25.7 Å². The predicted octanol–water partition coefficient (Wildman–Crippen LogP) is 3.74. The highest BCUT2D eigenvalue weighted by atomic mass is 19.1. The number of esters is 1. The molecule has 1 aromatic heterocycles. The van der Waals surface area contributed by atoms with Crippen LogP contribution in [0.25, 0.3) is 0 Å². The van der Waals surface area contributed by atoms with Gasteiger partial charge in [0.15, 0.2) is 11.5 Å². The summed E-state index contributed by atoms with van der Waals surface area (Å²) in [6, 6.07) is 12.7. The summed E-state index contributed by atoms with van der Waals surface area (Å²) in [7, 11) is 2.74. The Labute approximate surface area is 183 Å². The Morgan fingerprint density at radius 1 is 1.09 bits per heavy atom. The highest BCUT2D eigenvalue weighted by Crippen LogP contribution is 2.43. The molecule has 2 aromatic carbocycles. The molecule has 0 spiro atoms. The summed E-state index contributed by atoms with van der Waals surface area (Å²) in [6.45, 7) is 1.72. The first-order valence-corrected chi connectivity index (χ1v) is 9.85. The number of aryl methyl sites for hydroxylation is 1. The highest BCUT2D eigenvalue weighted by molar-refractivity contribution is 5.79. The second-order valence-electron chi connectivity index (χ2n) is 7.29. The Hall–Kier alpha value is -3.81. The van der Waals surface area contributed by atoms with E-state index < -0.39 is 23.6 Å². The van der Waals surface area contributed by atoms with Crippen LogP contribution in [0.2, 0.25) is 0 Å². The molecule has 0 aliphatic carbocycles. The Morgan fingerprint density at radius 3 is 2.62 bits per heavy atom. The summed E-state index contributed by atoms with van der Waals surface area (Å²) in [6.07, 6.45) is -1.07. The molecule has 0 saturated heterocycles. The van der Waals surface area contributed by atoms with E-state index in [9.17, 15) is 14.0 Å². The number of benzene rings is 2. The first-order valence-electron chi connectivity index (χ1n) is 9.85. The van der Waals surface area contributed by atoms with Gasteiger partial charge >= 0.3 is 11.6 Å². The molecule has 2 atom stereocenters. The highest BCUT2D eigenvalue weighted by Gasteiger charge is 2.44. The van der Waals surface area contributed by atoms with Gasteiger partial charge in [-0.1, -0.05) is 18.2 Å². The van der Waals surface area contributed by atoms with Gasteiger partial charge in [-0.2, -0.15) is 0 Å². The van der Waals surface area contributed by atoms with Gasteiger partial charge in [-0.05, 0) is 42.3 Å². The standard InChI is InChI=1S/C24H21FO7/c1-13-9-19-21(23(26)31-13)20(22(32-19)24(27)29-3)15-7-8-17(28-2)18(11-15)30-12-14-5-4-6-16(25)10-14/h4-11,20,22H,12H2,1-3H3/t20-,22+/m1/s1. The lowest BCUT2D eigenvalue weighted by Crippen LogP contribution is -2.31. The number of rotatable bonds is 6. The summed E-state index contributed by atoms with van der Waals surface area (Å²) >= 11 is 0. The Morgan fingerprint density at radius 2 is 1.91 bits per heavy atom. The third-order valence-corrected chi connectivity index (χ3v) is 5.20. The molecular weight excluding hydrogens is 419 g/mol. The summed E-state index contributed by atoms with van der Waals surface area (Å²) in [5, 5.41) is 0. The van der Waals surface area contributed by atoms with Gasteiger partial charge in [0.1, 0.15) is 23.9 Å². The normalized spacial score (nSPS) is 16.8. The quantitative estimate of drug-likeness (QED) is 0.540. The fraction of sp³-hybridized carbons (Fsp3) is 0.250. The van der Waals surface area contributed by atoms with Gasteiger partial charge in [-0.3, -0.25) is 0 Å². The molecule has 0 bridgehead atoms. The molecule has 1 aliphatic rings. The Kier molecular flexibility index (Phi) is 5.85. The minimum absolute atomic E-state index is 0.0943. The molecule has 7 nitrogen and oxygen atoms in total. The average Bonchev–Trinajstić information content (AvgIpc) is 3.16. The molecule has 0 N–H and O–H groups in total. The lowest BCUT2D eigenvalue weighted by atomic mass is 9.88. The molecule has 0 saturated carbocycles. The SMILES string of the molecule is COC(=O)[C@H]1Oc2cc(C)oc(=O)c2[C@H]1c1ccc(OC)c(OCc2cccc(F)c2)c1. The minimum Gasteiger partial charge on any atom is -0.493 e. The topological polar surface area (TPSA) is 84.2 Å². The fourth-order valence-corrected chi connectivity index (χ4v) is 3.76. The second kappa shape index (κ2) is 8.74. The van der Waals surface area contributed by atoms with E-state index in [-0.39, 0.29) is 23.7 Å². The smallest absolute Gasteiger partial charge is 0.348 e. The van der Waals surface area contributed by atoms with Crippen molar-refractivity contribution in [2.45, 2.75) is 25.6 Å². The van der Waals surface area contributed by atoms with Gasteiger partial charge in [0.2, 0.25) is 6.10 Å². The second-order valence-corrected chi connectivity index (χ2v) is 7.29. The molecule has 166 valence electrons. The van der Waals surface area contributed by atoms with Crippen LogP contribution in [-0.2, 0) is 16.1 Å². The molecule has 0 fully saturated rings. The monoisotopic (exact) mass is 440 g/mol. The van der Waals surface area contributed by atoms with Crippen molar-refractivity contribution in [1.29, 1.82) is 0 Å². The number of halogens is 1. The van der Waals surface area contributed by atoms with E-state index in [1.165, 1.54) is 26.4 Å². The Balaban J connectivity index is 1.74. The number of ether oxygens (including phenoxy) is 4. The third kappa shape index (κ3) is 4.03. The first-order chi connectivity index (χ1) is 15.4. The fourth-order valence-electron chi connectivity index (χ4n) is 3.76. The zero-order valence-electron chi connectivity index (χ0n) is 17.7. The molecule has 0 amide bonds. The van der Waals surface area contributed by atoms with Crippen LogP contribution >= 0.6 is 0 Å². The average molecular weight is 440 g/mol. The largest absolute Gasteiger partial charge is 0.493 e. The van der Waals surface area contributed by atoms with Gasteiger partial charge in [0.25, 0.3) is 0 Å². The van der Waals surface area contributed by atoms with Gasteiger partial charge < -0.3 is 23.4 Å². The van der Waals surface area contributed by atoms with Crippen molar-refractivity contribution >= 4 is 5.97 Å². The van der Waals surface area contributed by atoms with Crippen LogP contribution in [0.1, 0.15) is 28.4 Å². The van der Waals surface area contributed by atoms with Gasteiger partial charge in [-0.25, -0.2) is 14.0 Å². The van der Waals surface area contributed by atoms with Crippen LogP contribution in [-0.4, -0.2) is 26.3 Å². The number of fused-ring (bicyclic) bond motifs is 1. The summed E-state index contributed by atoms with van der Waals surface area (Å²) in [4.78, 5) is 25.1. The van der Waals surface area contributed by atoms with Crippen molar-refractivity contribution in [3.8, 4) is 17.2 Å². The lowest BCUT2D eigenvalue weighted by molar-refractivity contribution is -0.148. The molecule has 8 heteroatoms. The van der Waals surface area contributed by atoms with E-state index in [1.807, 2.05) is 0 Å². The number of hydrogen-bond acceptors (Lipinski definition) is 7. The van der Waals surface area contributed by atoms with Crippen molar-refractivity contribution < 1.29 is 32.5 Å². The van der Waals surface area contributed by atoms with Crippen molar-refractivity contribution in [2.75, 3.05) is 14.2 Å². The Bertz CT molecular complexity index is 1220. The maximum atomic E-state index is 13.5. The summed E-state index contributed by atoms with van der Waals surface area (Å²) in [5.74, 6) is -0.311. The van der Waals surface area contributed by atoms with Crippen molar-refractivity contribution in [3.05, 3.63) is 87.2 Å². The van der Waals surface area contributed by atoms with Crippen molar-refractivity contribution in [1.82, 2.24) is 0 Å².